The molecule has 0 bridgehead atoms. The van der Waals surface area contributed by atoms with Gasteiger partial charge in [0, 0.05) is 0 Å². The van der Waals surface area contributed by atoms with Crippen LogP contribution in [0.15, 0.2) is 30.3 Å². The van der Waals surface area contributed by atoms with E-state index in [1.807, 2.05) is 18.2 Å². The normalized spacial score (nSPS) is 10.2. The molecule has 0 N–H and O–H groups in total. The highest BCUT2D eigenvalue weighted by atomic mass is 28.3. The summed E-state index contributed by atoms with van der Waals surface area (Å²) < 4.78 is 5.10. The number of hydrogen-bond donors (Lipinski definition) is 0. The van der Waals surface area contributed by atoms with Crippen LogP contribution in [0.4, 0.5) is 0 Å². The van der Waals surface area contributed by atoms with Gasteiger partial charge < -0.3 is 4.74 Å². The predicted molar refractivity (Wildman–Crippen MR) is 67.8 cm³/mol. The van der Waals surface area contributed by atoms with Gasteiger partial charge in [-0.2, -0.15) is 0 Å². The lowest BCUT2D eigenvalue weighted by Crippen LogP contribution is -2.16. The number of para-hydroxylation sites is 1. The Balaban J connectivity index is 2.46. The highest BCUT2D eigenvalue weighted by Gasteiger charge is 2.08. The third-order valence-electron chi connectivity index (χ3n) is 1.67. The van der Waals surface area contributed by atoms with E-state index in [9.17, 15) is 4.79 Å². The number of hydrogen-bond acceptors (Lipinski definition) is 2. The number of rotatable bonds is 2. The summed E-state index contributed by atoms with van der Waals surface area (Å²) in [5, 5.41) is 0. The van der Waals surface area contributed by atoms with Crippen molar-refractivity contribution in [3.8, 4) is 17.2 Å². The fourth-order valence-electron chi connectivity index (χ4n) is 1.04. The molecule has 0 aliphatic carbocycles. The third kappa shape index (κ3) is 5.37. The van der Waals surface area contributed by atoms with E-state index in [0.29, 0.717) is 5.75 Å². The maximum Gasteiger partial charge on any atom is 0.323 e. The van der Waals surface area contributed by atoms with Gasteiger partial charge in [0.2, 0.25) is 0 Å². The summed E-state index contributed by atoms with van der Waals surface area (Å²) in [7, 11) is -1.38. The molecule has 0 amide bonds. The standard InChI is InChI=1S/C13H16O2Si/c1-16(2,3)11-7-10-13(14)15-12-8-5-4-6-9-12/h4-6,8-9H,10H2,1-3H3. The van der Waals surface area contributed by atoms with Crippen LogP contribution in [-0.4, -0.2) is 14.0 Å². The van der Waals surface area contributed by atoms with E-state index in [0.717, 1.165) is 0 Å². The molecule has 0 saturated heterocycles. The first-order chi connectivity index (χ1) is 7.47. The molecule has 0 spiro atoms. The predicted octanol–water partition coefficient (Wildman–Crippen LogP) is 2.86. The average Bonchev–Trinajstić information content (AvgIpc) is 2.17. The summed E-state index contributed by atoms with van der Waals surface area (Å²) in [4.78, 5) is 11.4. The molecule has 16 heavy (non-hydrogen) atoms. The molecule has 3 heteroatoms. The summed E-state index contributed by atoms with van der Waals surface area (Å²) in [5.41, 5.74) is 3.13. The number of esters is 1. The molecule has 1 rings (SSSR count). The Labute approximate surface area is 97.6 Å². The van der Waals surface area contributed by atoms with E-state index in [1.165, 1.54) is 0 Å². The lowest BCUT2D eigenvalue weighted by Gasteiger charge is -2.03. The molecule has 1 aromatic carbocycles. The third-order valence-corrected chi connectivity index (χ3v) is 2.60. The molecule has 0 unspecified atom stereocenters. The Morgan fingerprint density at radius 2 is 1.88 bits per heavy atom. The van der Waals surface area contributed by atoms with Crippen LogP contribution in [0, 0.1) is 11.5 Å². The van der Waals surface area contributed by atoms with Gasteiger partial charge in [-0.25, -0.2) is 0 Å². The summed E-state index contributed by atoms with van der Waals surface area (Å²) >= 11 is 0. The first-order valence-electron chi connectivity index (χ1n) is 5.23. The van der Waals surface area contributed by atoms with Crippen molar-refractivity contribution in [3.05, 3.63) is 30.3 Å². The fraction of sp³-hybridized carbons (Fsp3) is 0.308. The maximum atomic E-state index is 11.4. The quantitative estimate of drug-likeness (QED) is 0.339. The average molecular weight is 232 g/mol. The van der Waals surface area contributed by atoms with Crippen molar-refractivity contribution in [2.45, 2.75) is 26.1 Å². The molecule has 2 nitrogen and oxygen atoms in total. The van der Waals surface area contributed by atoms with Gasteiger partial charge in [0.25, 0.3) is 0 Å². The van der Waals surface area contributed by atoms with Crippen molar-refractivity contribution >= 4 is 14.0 Å². The second kappa shape index (κ2) is 5.52. The Morgan fingerprint density at radius 1 is 1.25 bits per heavy atom. The van der Waals surface area contributed by atoms with Crippen LogP contribution in [0.25, 0.3) is 0 Å². The van der Waals surface area contributed by atoms with Crippen molar-refractivity contribution in [1.29, 1.82) is 0 Å². The molecular formula is C13H16O2Si. The minimum absolute atomic E-state index is 0.166. The van der Waals surface area contributed by atoms with Gasteiger partial charge in [-0.1, -0.05) is 43.8 Å². The maximum absolute atomic E-state index is 11.4. The Morgan fingerprint density at radius 3 is 2.44 bits per heavy atom. The molecule has 0 radical (unpaired) electrons. The smallest absolute Gasteiger partial charge is 0.323 e. The molecule has 0 aliphatic heterocycles. The summed E-state index contributed by atoms with van der Waals surface area (Å²) in [6.07, 6.45) is 0.166. The van der Waals surface area contributed by atoms with E-state index in [2.05, 4.69) is 31.1 Å². The van der Waals surface area contributed by atoms with E-state index in [4.69, 9.17) is 4.74 Å². The van der Waals surface area contributed by atoms with Crippen molar-refractivity contribution in [3.63, 3.8) is 0 Å². The number of carbonyl (C=O) groups excluding carboxylic acids is 1. The number of carbonyl (C=O) groups is 1. The molecule has 0 atom stereocenters. The molecule has 84 valence electrons. The second-order valence-corrected chi connectivity index (χ2v) is 9.27. The SMILES string of the molecule is C[Si](C)(C)C#CCC(=O)Oc1ccccc1. The highest BCUT2D eigenvalue weighted by Crippen LogP contribution is 2.08. The molecule has 0 fully saturated rings. The van der Waals surface area contributed by atoms with Gasteiger partial charge in [-0.3, -0.25) is 4.79 Å². The van der Waals surface area contributed by atoms with Crippen molar-refractivity contribution < 1.29 is 9.53 Å². The van der Waals surface area contributed by atoms with Crippen LogP contribution in [0.3, 0.4) is 0 Å². The summed E-state index contributed by atoms with van der Waals surface area (Å²) in [5.74, 6) is 3.16. The first-order valence-corrected chi connectivity index (χ1v) is 8.73. The summed E-state index contributed by atoms with van der Waals surface area (Å²) in [6, 6.07) is 9.04. The van der Waals surface area contributed by atoms with Crippen LogP contribution in [0.2, 0.25) is 19.6 Å². The first kappa shape index (κ1) is 12.5. The minimum atomic E-state index is -1.38. The lowest BCUT2D eigenvalue weighted by atomic mass is 10.3. The van der Waals surface area contributed by atoms with Gasteiger partial charge in [-0.15, -0.1) is 5.54 Å². The molecule has 0 saturated carbocycles. The van der Waals surface area contributed by atoms with Crippen LogP contribution in [0.1, 0.15) is 6.42 Å². The van der Waals surface area contributed by atoms with Gasteiger partial charge in [0.05, 0.1) is 0 Å². The molecule has 0 aliphatic rings. The lowest BCUT2D eigenvalue weighted by molar-refractivity contribution is -0.133. The van der Waals surface area contributed by atoms with Crippen LogP contribution in [-0.2, 0) is 4.79 Å². The van der Waals surface area contributed by atoms with E-state index in [1.54, 1.807) is 12.1 Å². The van der Waals surface area contributed by atoms with E-state index < -0.39 is 8.07 Å². The zero-order valence-electron chi connectivity index (χ0n) is 9.91. The number of benzene rings is 1. The van der Waals surface area contributed by atoms with Crippen molar-refractivity contribution in [2.75, 3.05) is 0 Å². The Hall–Kier alpha value is -1.53. The van der Waals surface area contributed by atoms with Gasteiger partial charge in [0.1, 0.15) is 20.2 Å². The van der Waals surface area contributed by atoms with Crippen LogP contribution in [0.5, 0.6) is 5.75 Å². The van der Waals surface area contributed by atoms with E-state index in [-0.39, 0.29) is 12.4 Å². The zero-order chi connectivity index (χ0) is 12.0. The Kier molecular flexibility index (Phi) is 4.33. The minimum Gasteiger partial charge on any atom is -0.426 e. The van der Waals surface area contributed by atoms with Gasteiger partial charge in [0.15, 0.2) is 0 Å². The van der Waals surface area contributed by atoms with E-state index >= 15 is 0 Å². The Bertz CT molecular complexity index is 407. The van der Waals surface area contributed by atoms with Gasteiger partial charge >= 0.3 is 5.97 Å². The number of ether oxygens (including phenoxy) is 1. The topological polar surface area (TPSA) is 26.3 Å². The van der Waals surface area contributed by atoms with Crippen LogP contribution >= 0.6 is 0 Å². The van der Waals surface area contributed by atoms with Crippen LogP contribution < -0.4 is 4.74 Å². The second-order valence-electron chi connectivity index (χ2n) is 4.52. The monoisotopic (exact) mass is 232 g/mol. The van der Waals surface area contributed by atoms with Crippen molar-refractivity contribution in [2.24, 2.45) is 0 Å². The summed E-state index contributed by atoms with van der Waals surface area (Å²) in [6.45, 7) is 6.42. The van der Waals surface area contributed by atoms with Crippen molar-refractivity contribution in [1.82, 2.24) is 0 Å². The van der Waals surface area contributed by atoms with Gasteiger partial charge in [-0.05, 0) is 12.1 Å². The molecule has 1 aromatic rings. The fourth-order valence-corrected chi connectivity index (χ4v) is 1.66. The molecule has 0 heterocycles. The largest absolute Gasteiger partial charge is 0.426 e. The molecular weight excluding hydrogens is 216 g/mol. The molecule has 0 aromatic heterocycles. The highest BCUT2D eigenvalue weighted by molar-refractivity contribution is 6.83. The zero-order valence-corrected chi connectivity index (χ0v) is 10.9.